The van der Waals surface area contributed by atoms with Gasteiger partial charge in [-0.2, -0.15) is 0 Å². The fourth-order valence-corrected chi connectivity index (χ4v) is 3.15. The van der Waals surface area contributed by atoms with Gasteiger partial charge in [0.2, 0.25) is 0 Å². The summed E-state index contributed by atoms with van der Waals surface area (Å²) in [5.74, 6) is 0.816. The van der Waals surface area contributed by atoms with Gasteiger partial charge in [0.25, 0.3) is 0 Å². The second-order valence-corrected chi connectivity index (χ2v) is 5.27. The van der Waals surface area contributed by atoms with Crippen molar-refractivity contribution in [2.24, 2.45) is 5.92 Å². The molecule has 2 heterocycles. The van der Waals surface area contributed by atoms with Crippen LogP contribution in [0, 0.1) is 5.92 Å². The molecular weight excluding hydrogens is 222 g/mol. The van der Waals surface area contributed by atoms with E-state index in [1.54, 1.807) is 0 Å². The lowest BCUT2D eigenvalue weighted by Crippen LogP contribution is -2.64. The fraction of sp³-hybridized carbons (Fsp3) is 1.00. The van der Waals surface area contributed by atoms with Crippen LogP contribution in [0.1, 0.15) is 67.2 Å². The Morgan fingerprint density at radius 3 is 2.11 bits per heavy atom. The first-order valence-corrected chi connectivity index (χ1v) is 8.01. The van der Waals surface area contributed by atoms with Crippen molar-refractivity contribution in [2.75, 3.05) is 20.1 Å². The van der Waals surface area contributed by atoms with E-state index in [1.807, 2.05) is 27.7 Å². The highest BCUT2D eigenvalue weighted by Gasteiger charge is 2.46. The van der Waals surface area contributed by atoms with Crippen molar-refractivity contribution in [1.29, 1.82) is 0 Å². The first-order valence-electron chi connectivity index (χ1n) is 8.01. The summed E-state index contributed by atoms with van der Waals surface area (Å²) < 4.78 is 6.20. The summed E-state index contributed by atoms with van der Waals surface area (Å²) in [6.45, 7) is 14.8. The van der Waals surface area contributed by atoms with Gasteiger partial charge < -0.3 is 9.64 Å². The van der Waals surface area contributed by atoms with Gasteiger partial charge in [0.05, 0.1) is 11.7 Å². The first kappa shape index (κ1) is 17.9. The number of hydrogen-bond donors (Lipinski definition) is 0. The topological polar surface area (TPSA) is 12.5 Å². The maximum Gasteiger partial charge on any atom is 0.0938 e. The molecule has 0 aliphatic carbocycles. The van der Waals surface area contributed by atoms with E-state index in [1.165, 1.54) is 25.7 Å². The van der Waals surface area contributed by atoms with Crippen molar-refractivity contribution in [2.45, 2.75) is 78.9 Å². The van der Waals surface area contributed by atoms with Crippen LogP contribution in [0.4, 0.5) is 0 Å². The van der Waals surface area contributed by atoms with E-state index < -0.39 is 0 Å². The summed E-state index contributed by atoms with van der Waals surface area (Å²) in [5.41, 5.74) is 0.248. The fourth-order valence-electron chi connectivity index (χ4n) is 3.15. The number of nitrogens with zero attached hydrogens (tertiary/aromatic N) is 1. The molecule has 2 saturated heterocycles. The smallest absolute Gasteiger partial charge is 0.0938 e. The van der Waals surface area contributed by atoms with Gasteiger partial charge in [0.1, 0.15) is 0 Å². The Morgan fingerprint density at radius 1 is 1.17 bits per heavy atom. The minimum Gasteiger partial charge on any atom is -0.369 e. The van der Waals surface area contributed by atoms with E-state index in [0.717, 1.165) is 19.0 Å². The zero-order valence-electron chi connectivity index (χ0n) is 13.8. The zero-order chi connectivity index (χ0) is 14.2. The van der Waals surface area contributed by atoms with Gasteiger partial charge in [-0.1, -0.05) is 41.0 Å². The molecule has 2 aliphatic rings. The molecule has 2 fully saturated rings. The molecule has 2 rings (SSSR count). The molecule has 1 spiro atoms. The van der Waals surface area contributed by atoms with Gasteiger partial charge in [0.15, 0.2) is 0 Å². The molecule has 2 atom stereocenters. The normalized spacial score (nSPS) is 29.5. The molecule has 0 saturated carbocycles. The molecule has 110 valence electrons. The Hall–Kier alpha value is -0.0800. The highest BCUT2D eigenvalue weighted by atomic mass is 16.5. The van der Waals surface area contributed by atoms with Crippen molar-refractivity contribution in [1.82, 2.24) is 4.90 Å². The van der Waals surface area contributed by atoms with Gasteiger partial charge >= 0.3 is 0 Å². The Morgan fingerprint density at radius 2 is 1.72 bits per heavy atom. The maximum atomic E-state index is 6.20. The molecule has 2 nitrogen and oxygen atoms in total. The highest BCUT2D eigenvalue weighted by Crippen LogP contribution is 2.39. The summed E-state index contributed by atoms with van der Waals surface area (Å²) in [6.07, 6.45) is 5.78. The molecule has 0 radical (unpaired) electrons. The Kier molecular flexibility index (Phi) is 8.89. The minimum absolute atomic E-state index is 0.248. The van der Waals surface area contributed by atoms with E-state index in [0.29, 0.717) is 6.10 Å². The second-order valence-electron chi connectivity index (χ2n) is 5.27. The van der Waals surface area contributed by atoms with Gasteiger partial charge in [-0.25, -0.2) is 0 Å². The summed E-state index contributed by atoms with van der Waals surface area (Å²) in [6, 6.07) is 0. The zero-order valence-corrected chi connectivity index (χ0v) is 13.8. The number of likely N-dealkylation sites (tertiary alicyclic amines) is 1. The number of rotatable bonds is 2. The highest BCUT2D eigenvalue weighted by molar-refractivity contribution is 4.99. The molecule has 0 aromatic rings. The largest absolute Gasteiger partial charge is 0.369 e. The quantitative estimate of drug-likeness (QED) is 0.729. The van der Waals surface area contributed by atoms with Gasteiger partial charge in [0, 0.05) is 13.1 Å². The van der Waals surface area contributed by atoms with Gasteiger partial charge in [-0.05, 0) is 39.2 Å². The van der Waals surface area contributed by atoms with Gasteiger partial charge in [-0.3, -0.25) is 0 Å². The van der Waals surface area contributed by atoms with Gasteiger partial charge in [-0.15, -0.1) is 0 Å². The lowest BCUT2D eigenvalue weighted by atomic mass is 9.79. The van der Waals surface area contributed by atoms with Crippen LogP contribution in [0.15, 0.2) is 0 Å². The molecule has 0 amide bonds. The maximum absolute atomic E-state index is 6.20. The molecule has 2 unspecified atom stereocenters. The molecule has 0 N–H and O–H groups in total. The van der Waals surface area contributed by atoms with E-state index in [2.05, 4.69) is 25.8 Å². The average Bonchev–Trinajstić information content (AvgIpc) is 2.36. The van der Waals surface area contributed by atoms with Crippen molar-refractivity contribution < 1.29 is 4.74 Å². The van der Waals surface area contributed by atoms with Crippen LogP contribution in [-0.2, 0) is 4.74 Å². The summed E-state index contributed by atoms with van der Waals surface area (Å²) in [7, 11) is 2.18. The number of likely N-dealkylation sites (N-methyl/N-ethyl adjacent to an activating group) is 1. The SMILES string of the molecule is CC.CC.CCCC1CCC2(CN(C)C2)OC1C. The van der Waals surface area contributed by atoms with Crippen molar-refractivity contribution in [3.8, 4) is 0 Å². The molecular formula is C16H35NO. The van der Waals surface area contributed by atoms with Crippen molar-refractivity contribution in [3.63, 3.8) is 0 Å². The van der Waals surface area contributed by atoms with Crippen LogP contribution in [-0.4, -0.2) is 36.7 Å². The van der Waals surface area contributed by atoms with Crippen LogP contribution < -0.4 is 0 Å². The van der Waals surface area contributed by atoms with Crippen LogP contribution in [0.3, 0.4) is 0 Å². The Balaban J connectivity index is 0.000000659. The summed E-state index contributed by atoms with van der Waals surface area (Å²) in [5, 5.41) is 0. The van der Waals surface area contributed by atoms with Crippen molar-refractivity contribution >= 4 is 0 Å². The molecule has 2 aliphatic heterocycles. The molecule has 2 heteroatoms. The molecule has 0 aromatic heterocycles. The van der Waals surface area contributed by atoms with E-state index >= 15 is 0 Å². The third kappa shape index (κ3) is 4.55. The van der Waals surface area contributed by atoms with Crippen LogP contribution >= 0.6 is 0 Å². The standard InChI is InChI=1S/C12H23NO.2C2H6/c1-4-5-11-6-7-12(14-10(11)2)8-13(3)9-12;2*1-2/h10-11H,4-9H2,1-3H3;2*1-2H3. The van der Waals surface area contributed by atoms with Crippen LogP contribution in [0.25, 0.3) is 0 Å². The third-order valence-corrected chi connectivity index (χ3v) is 3.85. The van der Waals surface area contributed by atoms with Crippen molar-refractivity contribution in [3.05, 3.63) is 0 Å². The summed E-state index contributed by atoms with van der Waals surface area (Å²) >= 11 is 0. The molecule has 0 bridgehead atoms. The predicted molar refractivity (Wildman–Crippen MR) is 81.1 cm³/mol. The third-order valence-electron chi connectivity index (χ3n) is 3.85. The van der Waals surface area contributed by atoms with E-state index in [9.17, 15) is 0 Å². The predicted octanol–water partition coefficient (Wildman–Crippen LogP) is 4.34. The van der Waals surface area contributed by atoms with Crippen LogP contribution in [0.5, 0.6) is 0 Å². The minimum atomic E-state index is 0.248. The lowest BCUT2D eigenvalue weighted by molar-refractivity contribution is -0.205. The summed E-state index contributed by atoms with van der Waals surface area (Å²) in [4.78, 5) is 2.35. The lowest BCUT2D eigenvalue weighted by Gasteiger charge is -2.53. The Labute approximate surface area is 115 Å². The van der Waals surface area contributed by atoms with E-state index in [-0.39, 0.29) is 5.60 Å². The average molecular weight is 257 g/mol. The number of hydrogen-bond acceptors (Lipinski definition) is 2. The van der Waals surface area contributed by atoms with E-state index in [4.69, 9.17) is 4.74 Å². The first-order chi connectivity index (χ1) is 8.65. The van der Waals surface area contributed by atoms with Crippen LogP contribution in [0.2, 0.25) is 0 Å². The molecule has 0 aromatic carbocycles. The monoisotopic (exact) mass is 257 g/mol. The molecule has 18 heavy (non-hydrogen) atoms. The number of ether oxygens (including phenoxy) is 1. The Bertz CT molecular complexity index is 199. The second kappa shape index (κ2) is 8.92.